The first-order valence-corrected chi connectivity index (χ1v) is 11.9. The van der Waals surface area contributed by atoms with Crippen LogP contribution < -0.4 is 4.90 Å². The number of piperidine rings is 1. The number of nitrogens with zero attached hydrogens (tertiary/aromatic N) is 4. The Morgan fingerprint density at radius 2 is 1.76 bits per heavy atom. The molecule has 2 aliphatic rings. The maximum absolute atomic E-state index is 10.4. The number of hydrogen-bond donors (Lipinski definition) is 0. The Balaban J connectivity index is 1.66. The summed E-state index contributed by atoms with van der Waals surface area (Å²) in [4.78, 5) is 11.8. The Morgan fingerprint density at radius 1 is 0.939 bits per heavy atom. The van der Waals surface area contributed by atoms with E-state index in [0.717, 1.165) is 65.0 Å². The van der Waals surface area contributed by atoms with Crippen LogP contribution in [0.3, 0.4) is 0 Å². The van der Waals surface area contributed by atoms with Crippen molar-refractivity contribution in [3.05, 3.63) is 77.1 Å². The first-order valence-electron chi connectivity index (χ1n) is 11.9. The molecule has 2 aromatic heterocycles. The van der Waals surface area contributed by atoms with Crippen LogP contribution in [0.5, 0.6) is 0 Å². The summed E-state index contributed by atoms with van der Waals surface area (Å²) in [6.07, 6.45) is 7.16. The molecule has 0 unspecified atom stereocenters. The molecule has 162 valence electrons. The number of rotatable bonds is 2. The quantitative estimate of drug-likeness (QED) is 0.378. The van der Waals surface area contributed by atoms with Gasteiger partial charge in [0.05, 0.1) is 16.9 Å². The lowest BCUT2D eigenvalue weighted by Crippen LogP contribution is -2.30. The van der Waals surface area contributed by atoms with Crippen molar-refractivity contribution < 1.29 is 0 Å². The summed E-state index contributed by atoms with van der Waals surface area (Å²) in [5.74, 6) is 0. The van der Waals surface area contributed by atoms with E-state index in [1.807, 2.05) is 6.07 Å². The van der Waals surface area contributed by atoms with Gasteiger partial charge >= 0.3 is 0 Å². The molecule has 4 nitrogen and oxygen atoms in total. The van der Waals surface area contributed by atoms with E-state index in [0.29, 0.717) is 0 Å². The van der Waals surface area contributed by atoms with Crippen molar-refractivity contribution in [1.29, 1.82) is 5.26 Å². The van der Waals surface area contributed by atoms with E-state index in [1.54, 1.807) is 6.20 Å². The molecule has 4 heteroatoms. The zero-order valence-corrected chi connectivity index (χ0v) is 18.9. The number of aryl methyl sites for hydroxylation is 2. The van der Waals surface area contributed by atoms with Gasteiger partial charge in [-0.15, -0.1) is 0 Å². The van der Waals surface area contributed by atoms with Gasteiger partial charge in [0.2, 0.25) is 0 Å². The molecule has 0 amide bonds. The second-order valence-electron chi connectivity index (χ2n) is 9.23. The first-order chi connectivity index (χ1) is 16.2. The van der Waals surface area contributed by atoms with Gasteiger partial charge in [-0.05, 0) is 80.0 Å². The molecule has 0 radical (unpaired) electrons. The third kappa shape index (κ3) is 3.36. The highest BCUT2D eigenvalue weighted by molar-refractivity contribution is 5.93. The van der Waals surface area contributed by atoms with Crippen LogP contribution in [-0.2, 0) is 12.8 Å². The van der Waals surface area contributed by atoms with Crippen LogP contribution in [0.2, 0.25) is 0 Å². The molecule has 0 N–H and O–H groups in total. The highest BCUT2D eigenvalue weighted by Crippen LogP contribution is 2.45. The molecule has 6 rings (SSSR count). The average molecular weight is 431 g/mol. The molecular formula is C29H26N4. The molecule has 1 aliphatic heterocycles. The Kier molecular flexibility index (Phi) is 4.84. The van der Waals surface area contributed by atoms with E-state index < -0.39 is 0 Å². The summed E-state index contributed by atoms with van der Waals surface area (Å²) < 4.78 is 0. The monoisotopic (exact) mass is 430 g/mol. The van der Waals surface area contributed by atoms with Crippen LogP contribution in [0.1, 0.15) is 41.6 Å². The normalized spacial score (nSPS) is 15.1. The summed E-state index contributed by atoms with van der Waals surface area (Å²) in [6.45, 7) is 4.14. The second kappa shape index (κ2) is 8.01. The minimum atomic E-state index is 0.782. The standard InChI is InChI=1S/C29H26N4/c1-19-7-9-20(10-8-19)23-17-27(33-14-3-2-4-15-33)25(18-30)28-22(23)11-12-26-24(28)16-21-6-5-13-31-29(21)32-26/h5-10,13,16-17H,2-4,11-12,14-15H2,1H3. The van der Waals surface area contributed by atoms with Crippen LogP contribution in [0.15, 0.2) is 54.7 Å². The van der Waals surface area contributed by atoms with E-state index in [2.05, 4.69) is 65.3 Å². The van der Waals surface area contributed by atoms with Gasteiger partial charge in [-0.25, -0.2) is 9.97 Å². The predicted molar refractivity (Wildman–Crippen MR) is 133 cm³/mol. The van der Waals surface area contributed by atoms with Gasteiger partial charge in [0.15, 0.2) is 5.65 Å². The fourth-order valence-corrected chi connectivity index (χ4v) is 5.45. The molecule has 0 saturated carbocycles. The van der Waals surface area contributed by atoms with Crippen molar-refractivity contribution in [3.8, 4) is 28.3 Å². The van der Waals surface area contributed by atoms with Crippen molar-refractivity contribution in [2.45, 2.75) is 39.0 Å². The highest BCUT2D eigenvalue weighted by Gasteiger charge is 2.28. The second-order valence-corrected chi connectivity index (χ2v) is 9.23. The average Bonchev–Trinajstić information content (AvgIpc) is 2.87. The zero-order valence-electron chi connectivity index (χ0n) is 18.9. The van der Waals surface area contributed by atoms with Gasteiger partial charge in [-0.1, -0.05) is 29.8 Å². The first kappa shape index (κ1) is 19.9. The lowest BCUT2D eigenvalue weighted by atomic mass is 9.80. The van der Waals surface area contributed by atoms with Gasteiger partial charge < -0.3 is 4.90 Å². The number of nitriles is 1. The molecule has 1 aliphatic carbocycles. The van der Waals surface area contributed by atoms with Crippen molar-refractivity contribution in [1.82, 2.24) is 9.97 Å². The van der Waals surface area contributed by atoms with E-state index in [4.69, 9.17) is 4.98 Å². The minimum absolute atomic E-state index is 0.782. The third-order valence-electron chi connectivity index (χ3n) is 7.13. The smallest absolute Gasteiger partial charge is 0.159 e. The highest BCUT2D eigenvalue weighted by atomic mass is 15.1. The largest absolute Gasteiger partial charge is 0.370 e. The number of aromatic nitrogens is 2. The fraction of sp³-hybridized carbons (Fsp3) is 0.276. The van der Waals surface area contributed by atoms with E-state index in [1.165, 1.54) is 41.5 Å². The van der Waals surface area contributed by atoms with Crippen molar-refractivity contribution >= 4 is 16.7 Å². The van der Waals surface area contributed by atoms with Crippen LogP contribution in [0, 0.1) is 18.3 Å². The third-order valence-corrected chi connectivity index (χ3v) is 7.13. The Labute approximate surface area is 194 Å². The summed E-state index contributed by atoms with van der Waals surface area (Å²) >= 11 is 0. The lowest BCUT2D eigenvalue weighted by Gasteiger charge is -2.33. The van der Waals surface area contributed by atoms with Gasteiger partial charge in [0.25, 0.3) is 0 Å². The number of benzene rings is 2. The maximum Gasteiger partial charge on any atom is 0.159 e. The van der Waals surface area contributed by atoms with Crippen LogP contribution >= 0.6 is 0 Å². The van der Waals surface area contributed by atoms with Gasteiger partial charge in [0.1, 0.15) is 6.07 Å². The number of anilines is 1. The Bertz CT molecular complexity index is 1410. The van der Waals surface area contributed by atoms with Crippen molar-refractivity contribution in [2.24, 2.45) is 0 Å². The van der Waals surface area contributed by atoms with E-state index in [-0.39, 0.29) is 0 Å². The summed E-state index contributed by atoms with van der Waals surface area (Å²) in [6, 6.07) is 19.9. The van der Waals surface area contributed by atoms with E-state index >= 15 is 0 Å². The summed E-state index contributed by atoms with van der Waals surface area (Å²) in [7, 11) is 0. The molecule has 4 aromatic rings. The molecule has 0 bridgehead atoms. The van der Waals surface area contributed by atoms with Crippen LogP contribution in [0.4, 0.5) is 5.69 Å². The summed E-state index contributed by atoms with van der Waals surface area (Å²) in [5, 5.41) is 11.5. The van der Waals surface area contributed by atoms with Gasteiger partial charge in [0, 0.05) is 35.8 Å². The van der Waals surface area contributed by atoms with Crippen LogP contribution in [0.25, 0.3) is 33.3 Å². The molecule has 1 fully saturated rings. The fourth-order valence-electron chi connectivity index (χ4n) is 5.45. The lowest BCUT2D eigenvalue weighted by molar-refractivity contribution is 0.577. The number of pyridine rings is 2. The van der Waals surface area contributed by atoms with Crippen LogP contribution in [-0.4, -0.2) is 23.1 Å². The van der Waals surface area contributed by atoms with Crippen molar-refractivity contribution in [3.63, 3.8) is 0 Å². The Hall–Kier alpha value is -3.71. The molecule has 1 saturated heterocycles. The topological polar surface area (TPSA) is 52.8 Å². The van der Waals surface area contributed by atoms with Crippen molar-refractivity contribution in [2.75, 3.05) is 18.0 Å². The number of hydrogen-bond acceptors (Lipinski definition) is 4. The van der Waals surface area contributed by atoms with Gasteiger partial charge in [-0.3, -0.25) is 0 Å². The Morgan fingerprint density at radius 3 is 2.55 bits per heavy atom. The molecule has 3 heterocycles. The number of fused-ring (bicyclic) bond motifs is 4. The molecular weight excluding hydrogens is 404 g/mol. The van der Waals surface area contributed by atoms with E-state index in [9.17, 15) is 5.26 Å². The molecule has 0 atom stereocenters. The minimum Gasteiger partial charge on any atom is -0.370 e. The molecule has 2 aromatic carbocycles. The zero-order chi connectivity index (χ0) is 22.4. The molecule has 33 heavy (non-hydrogen) atoms. The molecule has 0 spiro atoms. The predicted octanol–water partition coefficient (Wildman–Crippen LogP) is 6.23. The van der Waals surface area contributed by atoms with Gasteiger partial charge in [-0.2, -0.15) is 5.26 Å². The SMILES string of the molecule is Cc1ccc(-c2cc(N3CCCCC3)c(C#N)c3c2CCc2nc4ncccc4cc2-3)cc1. The summed E-state index contributed by atoms with van der Waals surface area (Å²) in [5.41, 5.74) is 10.9. The maximum atomic E-state index is 10.4.